The number of hydrogen-bond acceptors (Lipinski definition) is 6. The monoisotopic (exact) mass is 383 g/mol. The lowest BCUT2D eigenvalue weighted by Gasteiger charge is -2.17. The number of nitrogens with two attached hydrogens (primary N) is 1. The van der Waals surface area contributed by atoms with Crippen molar-refractivity contribution < 1.29 is 4.74 Å². The second-order valence-electron chi connectivity index (χ2n) is 8.10. The Balaban J connectivity index is 2.46. The Labute approximate surface area is 163 Å². The fourth-order valence-corrected chi connectivity index (χ4v) is 2.75. The predicted octanol–water partition coefficient (Wildman–Crippen LogP) is 4.42. The molecule has 0 aliphatic heterocycles. The van der Waals surface area contributed by atoms with E-state index in [1.54, 1.807) is 6.20 Å². The highest BCUT2D eigenvalue weighted by atomic mass is 28.3. The number of pyridine rings is 1. The minimum atomic E-state index is -1.49. The Morgan fingerprint density at radius 3 is 2.37 bits per heavy atom. The Kier molecular flexibility index (Phi) is 6.44. The van der Waals surface area contributed by atoms with Gasteiger partial charge in [0.05, 0.1) is 6.20 Å². The Morgan fingerprint density at radius 1 is 1.07 bits per heavy atom. The van der Waals surface area contributed by atoms with Gasteiger partial charge < -0.3 is 15.8 Å². The van der Waals surface area contributed by atoms with Crippen LogP contribution in [0.4, 0.5) is 11.8 Å². The molecular weight excluding hydrogens is 354 g/mol. The molecular formula is C20H29N5OSi. The third-order valence-electron chi connectivity index (χ3n) is 3.50. The van der Waals surface area contributed by atoms with Crippen LogP contribution in [0.15, 0.2) is 18.5 Å². The SMILES string of the molecule is CC(C)Nc1nc(N)ncc1Oc1cc(C#C[Si](C)(C)C)ncc1C(C)C. The first-order valence-electron chi connectivity index (χ1n) is 9.15. The summed E-state index contributed by atoms with van der Waals surface area (Å²) in [6.07, 6.45) is 3.42. The first kappa shape index (κ1) is 20.7. The average molecular weight is 384 g/mol. The quantitative estimate of drug-likeness (QED) is 0.587. The van der Waals surface area contributed by atoms with Crippen LogP contribution in [0.5, 0.6) is 11.5 Å². The number of nitrogen functional groups attached to an aromatic ring is 1. The lowest BCUT2D eigenvalue weighted by atomic mass is 10.0. The van der Waals surface area contributed by atoms with Crippen molar-refractivity contribution in [1.29, 1.82) is 0 Å². The highest BCUT2D eigenvalue weighted by Crippen LogP contribution is 2.33. The summed E-state index contributed by atoms with van der Waals surface area (Å²) >= 11 is 0. The molecule has 0 aromatic carbocycles. The molecule has 0 saturated carbocycles. The lowest BCUT2D eigenvalue weighted by Crippen LogP contribution is -2.16. The molecule has 2 heterocycles. The zero-order valence-electron chi connectivity index (χ0n) is 17.2. The third kappa shape index (κ3) is 6.26. The molecule has 2 aromatic rings. The van der Waals surface area contributed by atoms with Crippen molar-refractivity contribution >= 4 is 19.8 Å². The van der Waals surface area contributed by atoms with Crippen molar-refractivity contribution in [2.45, 2.75) is 59.3 Å². The van der Waals surface area contributed by atoms with Crippen LogP contribution in [0.1, 0.15) is 44.9 Å². The summed E-state index contributed by atoms with van der Waals surface area (Å²) in [5.41, 5.74) is 10.8. The number of anilines is 2. The van der Waals surface area contributed by atoms with Gasteiger partial charge >= 0.3 is 0 Å². The maximum absolute atomic E-state index is 6.19. The number of aromatic nitrogens is 3. The van der Waals surface area contributed by atoms with Crippen LogP contribution in [0.2, 0.25) is 19.6 Å². The maximum atomic E-state index is 6.19. The fraction of sp³-hybridized carbons (Fsp3) is 0.450. The maximum Gasteiger partial charge on any atom is 0.222 e. The van der Waals surface area contributed by atoms with Gasteiger partial charge in [-0.1, -0.05) is 39.4 Å². The van der Waals surface area contributed by atoms with Gasteiger partial charge in [0.25, 0.3) is 0 Å². The topological polar surface area (TPSA) is 86.0 Å². The highest BCUT2D eigenvalue weighted by Gasteiger charge is 2.15. The van der Waals surface area contributed by atoms with Gasteiger partial charge in [0.2, 0.25) is 5.95 Å². The Morgan fingerprint density at radius 2 is 1.78 bits per heavy atom. The lowest BCUT2D eigenvalue weighted by molar-refractivity contribution is 0.468. The standard InChI is InChI=1S/C20H29N5OSi/c1-13(2)16-11-22-15(8-9-27(5,6)7)10-17(16)26-18-12-23-20(21)25-19(18)24-14(3)4/h10-14H,1-7H3,(H3,21,23,24,25). The predicted molar refractivity (Wildman–Crippen MR) is 114 cm³/mol. The molecule has 144 valence electrons. The van der Waals surface area contributed by atoms with Crippen molar-refractivity contribution in [1.82, 2.24) is 15.0 Å². The van der Waals surface area contributed by atoms with E-state index in [9.17, 15) is 0 Å². The number of nitrogens with zero attached hydrogens (tertiary/aromatic N) is 3. The summed E-state index contributed by atoms with van der Waals surface area (Å²) in [4.78, 5) is 12.8. The average Bonchev–Trinajstić information content (AvgIpc) is 2.54. The van der Waals surface area contributed by atoms with Crippen LogP contribution in [-0.4, -0.2) is 29.1 Å². The molecule has 0 spiro atoms. The van der Waals surface area contributed by atoms with Crippen LogP contribution in [0.3, 0.4) is 0 Å². The fourth-order valence-electron chi connectivity index (χ4n) is 2.24. The molecule has 7 heteroatoms. The minimum Gasteiger partial charge on any atom is -0.451 e. The molecule has 6 nitrogen and oxygen atoms in total. The Hall–Kier alpha value is -2.59. The van der Waals surface area contributed by atoms with Gasteiger partial charge in [0, 0.05) is 23.9 Å². The summed E-state index contributed by atoms with van der Waals surface area (Å²) in [6.45, 7) is 14.9. The number of hydrogen-bond donors (Lipinski definition) is 2. The third-order valence-corrected chi connectivity index (χ3v) is 4.38. The van der Waals surface area contributed by atoms with Gasteiger partial charge in [-0.25, -0.2) is 9.97 Å². The summed E-state index contributed by atoms with van der Waals surface area (Å²) < 4.78 is 6.19. The number of nitrogens with one attached hydrogen (secondary N) is 1. The molecule has 0 amide bonds. The normalized spacial score (nSPS) is 11.3. The summed E-state index contributed by atoms with van der Waals surface area (Å²) in [5, 5.41) is 3.25. The van der Waals surface area contributed by atoms with E-state index in [-0.39, 0.29) is 17.9 Å². The molecule has 0 fully saturated rings. The second kappa shape index (κ2) is 8.40. The van der Waals surface area contributed by atoms with E-state index < -0.39 is 8.07 Å². The van der Waals surface area contributed by atoms with Gasteiger partial charge in [-0.05, 0) is 19.8 Å². The van der Waals surface area contributed by atoms with E-state index >= 15 is 0 Å². The van der Waals surface area contributed by atoms with Gasteiger partial charge in [-0.2, -0.15) is 4.98 Å². The van der Waals surface area contributed by atoms with Crippen LogP contribution in [0.25, 0.3) is 0 Å². The van der Waals surface area contributed by atoms with Crippen molar-refractivity contribution in [3.05, 3.63) is 29.7 Å². The van der Waals surface area contributed by atoms with E-state index in [2.05, 4.69) is 65.2 Å². The van der Waals surface area contributed by atoms with Gasteiger partial charge in [0.15, 0.2) is 11.6 Å². The molecule has 0 atom stereocenters. The van der Waals surface area contributed by atoms with Crippen molar-refractivity contribution in [2.24, 2.45) is 0 Å². The van der Waals surface area contributed by atoms with E-state index in [0.29, 0.717) is 23.0 Å². The van der Waals surface area contributed by atoms with Crippen molar-refractivity contribution in [2.75, 3.05) is 11.1 Å². The molecule has 2 aromatic heterocycles. The molecule has 0 radical (unpaired) electrons. The summed E-state index contributed by atoms with van der Waals surface area (Å²) in [7, 11) is -1.49. The highest BCUT2D eigenvalue weighted by molar-refractivity contribution is 6.83. The molecule has 2 rings (SSSR count). The van der Waals surface area contributed by atoms with Crippen molar-refractivity contribution in [3.63, 3.8) is 0 Å². The smallest absolute Gasteiger partial charge is 0.222 e. The number of rotatable bonds is 5. The van der Waals surface area contributed by atoms with Gasteiger partial charge in [-0.15, -0.1) is 5.54 Å². The number of ether oxygens (including phenoxy) is 1. The van der Waals surface area contributed by atoms with Gasteiger partial charge in [0.1, 0.15) is 19.5 Å². The molecule has 0 bridgehead atoms. The summed E-state index contributed by atoms with van der Waals surface area (Å²) in [5.74, 6) is 5.44. The zero-order valence-corrected chi connectivity index (χ0v) is 18.2. The summed E-state index contributed by atoms with van der Waals surface area (Å²) in [6, 6.07) is 2.07. The van der Waals surface area contributed by atoms with E-state index in [1.807, 2.05) is 26.1 Å². The molecule has 0 aliphatic carbocycles. The van der Waals surface area contributed by atoms with E-state index in [4.69, 9.17) is 10.5 Å². The second-order valence-corrected chi connectivity index (χ2v) is 12.9. The molecule has 0 unspecified atom stereocenters. The van der Waals surface area contributed by atoms with E-state index in [1.165, 1.54) is 0 Å². The molecule has 3 N–H and O–H groups in total. The largest absolute Gasteiger partial charge is 0.451 e. The van der Waals surface area contributed by atoms with Crippen LogP contribution in [-0.2, 0) is 0 Å². The minimum absolute atomic E-state index is 0.182. The Bertz CT molecular complexity index is 863. The molecule has 0 aliphatic rings. The van der Waals surface area contributed by atoms with Crippen LogP contribution in [0, 0.1) is 11.5 Å². The van der Waals surface area contributed by atoms with Crippen LogP contribution >= 0.6 is 0 Å². The molecule has 0 saturated heterocycles. The van der Waals surface area contributed by atoms with Crippen LogP contribution < -0.4 is 15.8 Å². The van der Waals surface area contributed by atoms with E-state index in [0.717, 1.165) is 5.56 Å². The molecule has 27 heavy (non-hydrogen) atoms. The van der Waals surface area contributed by atoms with Crippen molar-refractivity contribution in [3.8, 4) is 23.0 Å². The zero-order chi connectivity index (χ0) is 20.2. The first-order chi connectivity index (χ1) is 12.5. The van der Waals surface area contributed by atoms with Gasteiger partial charge in [-0.3, -0.25) is 0 Å². The first-order valence-corrected chi connectivity index (χ1v) is 12.6.